The molecule has 0 unspecified atom stereocenters. The summed E-state index contributed by atoms with van der Waals surface area (Å²) in [5.41, 5.74) is 13.7. The van der Waals surface area contributed by atoms with E-state index in [9.17, 15) is 0 Å². The third-order valence-corrected chi connectivity index (χ3v) is 10.5. The highest BCUT2D eigenvalue weighted by Crippen LogP contribution is 2.39. The Morgan fingerprint density at radius 1 is 0.222 bits per heavy atom. The maximum Gasteiger partial charge on any atom is 0.0352 e. The van der Waals surface area contributed by atoms with Gasteiger partial charge in [0.1, 0.15) is 0 Å². The monoisotopic (exact) mass is 687 g/mol. The average Bonchev–Trinajstić information content (AvgIpc) is 3.26. The SMILES string of the molecule is c1cc(-c2cc(-c3cccc(-c4cncc5ccccc45)c3)cc(-c3cccc(-c4cncc5ccccc45)c3)c2)cc(-c2cncc3ccccc23)c1. The van der Waals surface area contributed by atoms with Gasteiger partial charge in [-0.15, -0.1) is 0 Å². The summed E-state index contributed by atoms with van der Waals surface area (Å²) in [5.74, 6) is 0. The first-order valence-electron chi connectivity index (χ1n) is 18.2. The molecule has 0 N–H and O–H groups in total. The van der Waals surface area contributed by atoms with Gasteiger partial charge in [-0.25, -0.2) is 0 Å². The summed E-state index contributed by atoms with van der Waals surface area (Å²) < 4.78 is 0. The standard InChI is InChI=1S/C51H33N3/c1-4-19-46-40(10-1)28-52-31-49(46)37-16-7-13-34(22-37)43-25-44(35-14-8-17-38(23-35)50-32-53-29-41-11-2-5-20-47(41)50)27-45(26-43)36-15-9-18-39(24-36)51-33-54-30-42-12-3-6-21-48(42)51/h1-33H. The highest BCUT2D eigenvalue weighted by molar-refractivity contribution is 5.99. The summed E-state index contributed by atoms with van der Waals surface area (Å²) in [6.07, 6.45) is 11.7. The van der Waals surface area contributed by atoms with Crippen LogP contribution in [0, 0.1) is 0 Å². The molecule has 0 atom stereocenters. The predicted molar refractivity (Wildman–Crippen MR) is 225 cm³/mol. The fourth-order valence-electron chi connectivity index (χ4n) is 7.77. The van der Waals surface area contributed by atoms with Crippen molar-refractivity contribution < 1.29 is 0 Å². The minimum absolute atomic E-state index is 1.12. The van der Waals surface area contributed by atoms with Crippen molar-refractivity contribution in [2.24, 2.45) is 0 Å². The molecule has 3 heteroatoms. The smallest absolute Gasteiger partial charge is 0.0352 e. The van der Waals surface area contributed by atoms with E-state index < -0.39 is 0 Å². The van der Waals surface area contributed by atoms with Gasteiger partial charge < -0.3 is 0 Å². The van der Waals surface area contributed by atoms with E-state index in [1.807, 2.05) is 37.2 Å². The van der Waals surface area contributed by atoms with E-state index in [2.05, 4.69) is 179 Å². The van der Waals surface area contributed by atoms with Crippen LogP contribution in [0.4, 0.5) is 0 Å². The van der Waals surface area contributed by atoms with Crippen molar-refractivity contribution in [3.05, 3.63) is 201 Å². The summed E-state index contributed by atoms with van der Waals surface area (Å²) >= 11 is 0. The van der Waals surface area contributed by atoms with Gasteiger partial charge in [-0.1, -0.05) is 127 Å². The molecular weight excluding hydrogens is 655 g/mol. The molecule has 0 aliphatic rings. The van der Waals surface area contributed by atoms with Crippen LogP contribution in [0.2, 0.25) is 0 Å². The first-order chi connectivity index (χ1) is 26.7. The fourth-order valence-corrected chi connectivity index (χ4v) is 7.77. The van der Waals surface area contributed by atoms with Crippen LogP contribution in [0.15, 0.2) is 201 Å². The topological polar surface area (TPSA) is 38.7 Å². The van der Waals surface area contributed by atoms with Crippen molar-refractivity contribution in [3.8, 4) is 66.8 Å². The van der Waals surface area contributed by atoms with E-state index in [1.165, 1.54) is 16.2 Å². The van der Waals surface area contributed by atoms with Crippen LogP contribution in [-0.4, -0.2) is 15.0 Å². The van der Waals surface area contributed by atoms with Gasteiger partial charge >= 0.3 is 0 Å². The summed E-state index contributed by atoms with van der Waals surface area (Å²) in [5, 5.41) is 6.97. The lowest BCUT2D eigenvalue weighted by atomic mass is 9.90. The van der Waals surface area contributed by atoms with Crippen molar-refractivity contribution in [2.75, 3.05) is 0 Å². The molecule has 3 nitrogen and oxygen atoms in total. The van der Waals surface area contributed by atoms with Gasteiger partial charge in [-0.2, -0.15) is 0 Å². The molecule has 0 radical (unpaired) electrons. The molecule has 3 heterocycles. The van der Waals surface area contributed by atoms with Crippen molar-refractivity contribution in [2.45, 2.75) is 0 Å². The van der Waals surface area contributed by atoms with Crippen LogP contribution in [0.5, 0.6) is 0 Å². The molecular formula is C51H33N3. The Kier molecular flexibility index (Phi) is 7.81. The lowest BCUT2D eigenvalue weighted by Gasteiger charge is -2.15. The van der Waals surface area contributed by atoms with Crippen molar-refractivity contribution in [3.63, 3.8) is 0 Å². The number of pyridine rings is 3. The minimum atomic E-state index is 1.12. The second-order valence-corrected chi connectivity index (χ2v) is 13.8. The maximum atomic E-state index is 4.59. The first kappa shape index (κ1) is 31.5. The Bertz CT molecular complexity index is 2660. The highest BCUT2D eigenvalue weighted by Gasteiger charge is 2.13. The first-order valence-corrected chi connectivity index (χ1v) is 18.2. The molecule has 7 aromatic carbocycles. The zero-order chi connectivity index (χ0) is 35.8. The Morgan fingerprint density at radius 3 is 0.833 bits per heavy atom. The number of hydrogen-bond acceptors (Lipinski definition) is 3. The maximum absolute atomic E-state index is 4.59. The third-order valence-electron chi connectivity index (χ3n) is 10.5. The van der Waals surface area contributed by atoms with Gasteiger partial charge in [0, 0.05) is 70.0 Å². The molecule has 0 fully saturated rings. The van der Waals surface area contributed by atoms with Gasteiger partial charge in [0.25, 0.3) is 0 Å². The summed E-state index contributed by atoms with van der Waals surface area (Å²) in [7, 11) is 0. The van der Waals surface area contributed by atoms with Crippen LogP contribution in [-0.2, 0) is 0 Å². The molecule has 0 saturated heterocycles. The number of rotatable bonds is 6. The molecule has 0 aliphatic heterocycles. The van der Waals surface area contributed by atoms with E-state index in [4.69, 9.17) is 0 Å². The number of fused-ring (bicyclic) bond motifs is 3. The number of benzene rings is 7. The predicted octanol–water partition coefficient (Wildman–Crippen LogP) is 13.3. The Morgan fingerprint density at radius 2 is 0.500 bits per heavy atom. The molecule has 0 saturated carbocycles. The van der Waals surface area contributed by atoms with E-state index in [0.29, 0.717) is 0 Å². The highest BCUT2D eigenvalue weighted by atomic mass is 14.6. The lowest BCUT2D eigenvalue weighted by molar-refractivity contribution is 1.36. The second-order valence-electron chi connectivity index (χ2n) is 13.8. The third kappa shape index (κ3) is 5.78. The summed E-state index contributed by atoms with van der Waals surface area (Å²) in [6.45, 7) is 0. The Balaban J connectivity index is 1.14. The van der Waals surface area contributed by atoms with Gasteiger partial charge in [0.15, 0.2) is 0 Å². The van der Waals surface area contributed by atoms with Gasteiger partial charge in [-0.3, -0.25) is 15.0 Å². The summed E-state index contributed by atoms with van der Waals surface area (Å²) in [6, 6.07) is 58.8. The summed E-state index contributed by atoms with van der Waals surface area (Å²) in [4.78, 5) is 13.8. The van der Waals surface area contributed by atoms with Gasteiger partial charge in [0.2, 0.25) is 0 Å². The zero-order valence-corrected chi connectivity index (χ0v) is 29.4. The molecule has 54 heavy (non-hydrogen) atoms. The van der Waals surface area contributed by atoms with E-state index >= 15 is 0 Å². The van der Waals surface area contributed by atoms with Gasteiger partial charge in [0.05, 0.1) is 0 Å². The average molecular weight is 688 g/mol. The molecule has 0 spiro atoms. The fraction of sp³-hybridized carbons (Fsp3) is 0. The van der Waals surface area contributed by atoms with Crippen LogP contribution >= 0.6 is 0 Å². The zero-order valence-electron chi connectivity index (χ0n) is 29.4. The number of aromatic nitrogens is 3. The molecule has 0 bridgehead atoms. The molecule has 0 aliphatic carbocycles. The van der Waals surface area contributed by atoms with Gasteiger partial charge in [-0.05, 0) is 103 Å². The van der Waals surface area contributed by atoms with Crippen LogP contribution < -0.4 is 0 Å². The normalized spacial score (nSPS) is 11.3. The Labute approximate surface area is 313 Å². The number of nitrogens with zero attached hydrogens (tertiary/aromatic N) is 3. The molecule has 3 aromatic heterocycles. The van der Waals surface area contributed by atoms with E-state index in [-0.39, 0.29) is 0 Å². The molecule has 10 rings (SSSR count). The van der Waals surface area contributed by atoms with Crippen LogP contribution in [0.25, 0.3) is 99.1 Å². The van der Waals surface area contributed by atoms with Crippen molar-refractivity contribution in [1.82, 2.24) is 15.0 Å². The Hall–Kier alpha value is -7.23. The van der Waals surface area contributed by atoms with E-state index in [0.717, 1.165) is 82.9 Å². The second kappa shape index (κ2) is 13.4. The quantitative estimate of drug-likeness (QED) is 0.175. The van der Waals surface area contributed by atoms with E-state index in [1.54, 1.807) is 0 Å². The van der Waals surface area contributed by atoms with Crippen molar-refractivity contribution >= 4 is 32.3 Å². The molecule has 0 amide bonds. The van der Waals surface area contributed by atoms with Crippen LogP contribution in [0.3, 0.4) is 0 Å². The van der Waals surface area contributed by atoms with Crippen LogP contribution in [0.1, 0.15) is 0 Å². The lowest BCUT2D eigenvalue weighted by Crippen LogP contribution is -1.90. The number of hydrogen-bond donors (Lipinski definition) is 0. The molecule has 10 aromatic rings. The minimum Gasteiger partial charge on any atom is -0.263 e. The van der Waals surface area contributed by atoms with Crippen molar-refractivity contribution in [1.29, 1.82) is 0 Å². The largest absolute Gasteiger partial charge is 0.263 e. The molecule has 252 valence electrons.